The van der Waals surface area contributed by atoms with Crippen molar-refractivity contribution in [2.75, 3.05) is 0 Å². The number of rotatable bonds is 2. The Balaban J connectivity index is 2.68. The summed E-state index contributed by atoms with van der Waals surface area (Å²) >= 11 is 5.89. The molecule has 4 nitrogen and oxygen atoms in total. The van der Waals surface area contributed by atoms with Crippen molar-refractivity contribution in [3.05, 3.63) is 40.2 Å². The molecule has 1 aromatic carbocycles. The van der Waals surface area contributed by atoms with Crippen LogP contribution in [0.1, 0.15) is 21.7 Å². The molecule has 2 N–H and O–H groups in total. The molecule has 0 aliphatic carbocycles. The van der Waals surface area contributed by atoms with E-state index in [0.29, 0.717) is 5.69 Å². The zero-order chi connectivity index (χ0) is 15.9. The molecule has 1 heterocycles. The number of aromatic nitrogens is 2. The highest BCUT2D eigenvalue weighted by Crippen LogP contribution is 2.39. The molecule has 8 heteroatoms. The first-order chi connectivity index (χ1) is 9.62. The summed E-state index contributed by atoms with van der Waals surface area (Å²) in [5, 5.41) is 3.50. The van der Waals surface area contributed by atoms with E-state index in [9.17, 15) is 18.0 Å². The second-order valence-electron chi connectivity index (χ2n) is 4.49. The van der Waals surface area contributed by atoms with Gasteiger partial charge in [0.1, 0.15) is 0 Å². The van der Waals surface area contributed by atoms with Crippen LogP contribution in [-0.4, -0.2) is 15.7 Å². The Kier molecular flexibility index (Phi) is 3.71. The highest BCUT2D eigenvalue weighted by molar-refractivity contribution is 6.34. The number of primary amides is 1. The van der Waals surface area contributed by atoms with Crippen LogP contribution in [0, 0.1) is 6.92 Å². The first kappa shape index (κ1) is 15.4. The summed E-state index contributed by atoms with van der Waals surface area (Å²) in [6, 6.07) is 3.94. The summed E-state index contributed by atoms with van der Waals surface area (Å²) in [5.41, 5.74) is 4.67. The van der Waals surface area contributed by atoms with Crippen molar-refractivity contribution < 1.29 is 18.0 Å². The van der Waals surface area contributed by atoms with Gasteiger partial charge in [0.05, 0.1) is 10.6 Å². The molecule has 0 spiro atoms. The molecule has 0 fully saturated rings. The minimum atomic E-state index is -4.59. The molecule has 0 aliphatic heterocycles. The number of nitrogens with two attached hydrogens (primary N) is 1. The van der Waals surface area contributed by atoms with Gasteiger partial charge in [0, 0.05) is 18.3 Å². The van der Waals surface area contributed by atoms with Gasteiger partial charge in [0.2, 0.25) is 5.91 Å². The van der Waals surface area contributed by atoms with E-state index in [-0.39, 0.29) is 21.7 Å². The van der Waals surface area contributed by atoms with Crippen LogP contribution in [-0.2, 0) is 13.2 Å². The third-order valence-electron chi connectivity index (χ3n) is 3.13. The fourth-order valence-electron chi connectivity index (χ4n) is 2.02. The van der Waals surface area contributed by atoms with Crippen LogP contribution in [0.4, 0.5) is 13.2 Å². The Bertz CT molecular complexity index is 722. The Hall–Kier alpha value is -2.02. The van der Waals surface area contributed by atoms with E-state index in [1.807, 2.05) is 0 Å². The highest BCUT2D eigenvalue weighted by atomic mass is 35.5. The molecule has 21 heavy (non-hydrogen) atoms. The quantitative estimate of drug-likeness (QED) is 0.924. The molecule has 0 bridgehead atoms. The van der Waals surface area contributed by atoms with E-state index in [4.69, 9.17) is 17.3 Å². The van der Waals surface area contributed by atoms with E-state index in [1.165, 1.54) is 32.2 Å². The van der Waals surface area contributed by atoms with Gasteiger partial charge in [-0.15, -0.1) is 0 Å². The molecule has 1 amide bonds. The number of alkyl halides is 3. The van der Waals surface area contributed by atoms with E-state index in [1.54, 1.807) is 0 Å². The predicted molar refractivity (Wildman–Crippen MR) is 71.9 cm³/mol. The van der Waals surface area contributed by atoms with Crippen LogP contribution in [0.25, 0.3) is 11.1 Å². The molecular formula is C13H11ClF3N3O. The van der Waals surface area contributed by atoms with Gasteiger partial charge in [-0.05, 0) is 24.6 Å². The van der Waals surface area contributed by atoms with Crippen molar-refractivity contribution in [1.82, 2.24) is 9.78 Å². The summed E-state index contributed by atoms with van der Waals surface area (Å²) in [6.07, 6.45) is -4.59. The van der Waals surface area contributed by atoms with Gasteiger partial charge in [0.25, 0.3) is 0 Å². The minimum absolute atomic E-state index is 0.00335. The third-order valence-corrected chi connectivity index (χ3v) is 3.44. The lowest BCUT2D eigenvalue weighted by Crippen LogP contribution is -2.11. The zero-order valence-corrected chi connectivity index (χ0v) is 11.9. The van der Waals surface area contributed by atoms with Crippen LogP contribution in [0.15, 0.2) is 18.2 Å². The van der Waals surface area contributed by atoms with E-state index in [0.717, 1.165) is 4.68 Å². The predicted octanol–water partition coefficient (Wildman–Crippen LogP) is 3.17. The van der Waals surface area contributed by atoms with E-state index >= 15 is 0 Å². The Morgan fingerprint density at radius 2 is 2.00 bits per heavy atom. The van der Waals surface area contributed by atoms with Crippen LogP contribution in [0.5, 0.6) is 0 Å². The average molecular weight is 318 g/mol. The molecule has 2 aromatic rings. The molecule has 0 atom stereocenters. The maximum absolute atomic E-state index is 13.1. The number of nitrogens with zero attached hydrogens (tertiary/aromatic N) is 2. The fourth-order valence-corrected chi connectivity index (χ4v) is 2.30. The van der Waals surface area contributed by atoms with Gasteiger partial charge in [-0.3, -0.25) is 9.48 Å². The normalized spacial score (nSPS) is 11.7. The lowest BCUT2D eigenvalue weighted by atomic mass is 10.0. The summed E-state index contributed by atoms with van der Waals surface area (Å²) in [5.74, 6) is -0.745. The Labute approximate surface area is 123 Å². The lowest BCUT2D eigenvalue weighted by Gasteiger charge is -2.09. The van der Waals surface area contributed by atoms with Crippen molar-refractivity contribution in [1.29, 1.82) is 0 Å². The first-order valence-corrected chi connectivity index (χ1v) is 6.21. The van der Waals surface area contributed by atoms with Gasteiger partial charge < -0.3 is 5.73 Å². The number of hydrogen-bond donors (Lipinski definition) is 1. The number of hydrogen-bond acceptors (Lipinski definition) is 2. The number of aryl methyl sites for hydroxylation is 1. The van der Waals surface area contributed by atoms with Crippen molar-refractivity contribution in [3.63, 3.8) is 0 Å². The van der Waals surface area contributed by atoms with Crippen molar-refractivity contribution >= 4 is 17.5 Å². The molecular weight excluding hydrogens is 307 g/mol. The van der Waals surface area contributed by atoms with Gasteiger partial charge in [0.15, 0.2) is 5.69 Å². The van der Waals surface area contributed by atoms with Crippen LogP contribution in [0.3, 0.4) is 0 Å². The maximum Gasteiger partial charge on any atom is 0.435 e. The van der Waals surface area contributed by atoms with Gasteiger partial charge in [-0.25, -0.2) is 0 Å². The van der Waals surface area contributed by atoms with Crippen LogP contribution >= 0.6 is 11.6 Å². The molecule has 112 valence electrons. The average Bonchev–Trinajstić information content (AvgIpc) is 2.65. The molecule has 0 radical (unpaired) electrons. The summed E-state index contributed by atoms with van der Waals surface area (Å²) in [4.78, 5) is 11.1. The van der Waals surface area contributed by atoms with Crippen LogP contribution < -0.4 is 5.73 Å². The molecule has 0 saturated heterocycles. The largest absolute Gasteiger partial charge is 0.435 e. The molecule has 2 rings (SSSR count). The summed E-state index contributed by atoms with van der Waals surface area (Å²) in [7, 11) is 1.42. The fraction of sp³-hybridized carbons (Fsp3) is 0.231. The summed E-state index contributed by atoms with van der Waals surface area (Å²) < 4.78 is 40.3. The maximum atomic E-state index is 13.1. The zero-order valence-electron chi connectivity index (χ0n) is 11.1. The number of amides is 1. The van der Waals surface area contributed by atoms with Gasteiger partial charge >= 0.3 is 6.18 Å². The van der Waals surface area contributed by atoms with Crippen LogP contribution in [0.2, 0.25) is 5.02 Å². The molecule has 0 aliphatic rings. The minimum Gasteiger partial charge on any atom is -0.366 e. The van der Waals surface area contributed by atoms with E-state index < -0.39 is 17.8 Å². The van der Waals surface area contributed by atoms with E-state index in [2.05, 4.69) is 5.10 Å². The number of benzene rings is 1. The standard InChI is InChI=1S/C13H11ClF3N3O/c1-6-10(11(13(15,16)17)19-20(6)2)7-3-4-8(12(18)21)9(14)5-7/h3-5H,1-2H3,(H2,18,21). The van der Waals surface area contributed by atoms with Crippen molar-refractivity contribution in [3.8, 4) is 11.1 Å². The second-order valence-corrected chi connectivity index (χ2v) is 4.90. The first-order valence-electron chi connectivity index (χ1n) is 5.83. The topological polar surface area (TPSA) is 60.9 Å². The Morgan fingerprint density at radius 1 is 1.38 bits per heavy atom. The Morgan fingerprint density at radius 3 is 2.48 bits per heavy atom. The smallest absolute Gasteiger partial charge is 0.366 e. The van der Waals surface area contributed by atoms with Gasteiger partial charge in [-0.1, -0.05) is 17.7 Å². The number of carbonyl (C=O) groups is 1. The molecule has 0 saturated carbocycles. The van der Waals surface area contributed by atoms with Crippen molar-refractivity contribution in [2.24, 2.45) is 12.8 Å². The third kappa shape index (κ3) is 2.73. The SMILES string of the molecule is Cc1c(-c2ccc(C(N)=O)c(Cl)c2)c(C(F)(F)F)nn1C. The molecule has 1 aromatic heterocycles. The summed E-state index contributed by atoms with van der Waals surface area (Å²) in [6.45, 7) is 1.52. The molecule has 0 unspecified atom stereocenters. The van der Waals surface area contributed by atoms with Crippen molar-refractivity contribution in [2.45, 2.75) is 13.1 Å². The monoisotopic (exact) mass is 317 g/mol. The number of halogens is 4. The highest BCUT2D eigenvalue weighted by Gasteiger charge is 2.38. The number of carbonyl (C=O) groups excluding carboxylic acids is 1. The van der Waals surface area contributed by atoms with Gasteiger partial charge in [-0.2, -0.15) is 18.3 Å². The lowest BCUT2D eigenvalue weighted by molar-refractivity contribution is -0.140. The second kappa shape index (κ2) is 5.07.